The van der Waals surface area contributed by atoms with Crippen molar-refractivity contribution in [3.63, 3.8) is 0 Å². The number of para-hydroxylation sites is 1. The number of benzene rings is 1. The third-order valence-corrected chi connectivity index (χ3v) is 3.48. The standard InChI is InChI=1S/C13H18N4O3/c1-13(2,16(3)4)8-14-12-15-11-9(17(18)19)6-5-7-10(11)20-12/h5-7H,8H2,1-4H3,(H,14,15). The first-order valence-electron chi connectivity index (χ1n) is 6.26. The van der Waals surface area contributed by atoms with Crippen LogP contribution in [0.15, 0.2) is 22.6 Å². The zero-order chi connectivity index (χ0) is 14.9. The zero-order valence-corrected chi connectivity index (χ0v) is 12.0. The van der Waals surface area contributed by atoms with Crippen LogP contribution in [0.1, 0.15) is 13.8 Å². The number of nitrogens with zero attached hydrogens (tertiary/aromatic N) is 3. The molecule has 0 unspecified atom stereocenters. The highest BCUT2D eigenvalue weighted by molar-refractivity contribution is 5.83. The van der Waals surface area contributed by atoms with Gasteiger partial charge in [0.05, 0.1) is 4.92 Å². The predicted octanol–water partition coefficient (Wildman–Crippen LogP) is 2.49. The summed E-state index contributed by atoms with van der Waals surface area (Å²) in [5.74, 6) is 0. The summed E-state index contributed by atoms with van der Waals surface area (Å²) in [6.07, 6.45) is 0. The first-order chi connectivity index (χ1) is 9.31. The molecule has 0 saturated heterocycles. The van der Waals surface area contributed by atoms with E-state index in [2.05, 4.69) is 29.0 Å². The second-order valence-corrected chi connectivity index (χ2v) is 5.46. The molecule has 1 aromatic heterocycles. The number of anilines is 1. The zero-order valence-electron chi connectivity index (χ0n) is 12.0. The Balaban J connectivity index is 2.25. The average Bonchev–Trinajstić information content (AvgIpc) is 2.78. The van der Waals surface area contributed by atoms with Crippen molar-refractivity contribution in [2.75, 3.05) is 26.0 Å². The lowest BCUT2D eigenvalue weighted by Gasteiger charge is -2.32. The van der Waals surface area contributed by atoms with Crippen molar-refractivity contribution in [2.45, 2.75) is 19.4 Å². The molecule has 0 aliphatic carbocycles. The number of aromatic nitrogens is 1. The maximum atomic E-state index is 10.9. The van der Waals surface area contributed by atoms with Crippen LogP contribution >= 0.6 is 0 Å². The summed E-state index contributed by atoms with van der Waals surface area (Å²) in [6, 6.07) is 4.96. The normalized spacial score (nSPS) is 12.1. The van der Waals surface area contributed by atoms with Gasteiger partial charge in [0.15, 0.2) is 11.1 Å². The van der Waals surface area contributed by atoms with Crippen molar-refractivity contribution in [1.82, 2.24) is 9.88 Å². The van der Waals surface area contributed by atoms with Gasteiger partial charge in [-0.15, -0.1) is 0 Å². The van der Waals surface area contributed by atoms with Crippen molar-refractivity contribution in [1.29, 1.82) is 0 Å². The van der Waals surface area contributed by atoms with E-state index in [0.29, 0.717) is 18.1 Å². The summed E-state index contributed by atoms with van der Waals surface area (Å²) in [5, 5.41) is 14.0. The van der Waals surface area contributed by atoms with Crippen LogP contribution in [0.2, 0.25) is 0 Å². The summed E-state index contributed by atoms with van der Waals surface area (Å²) >= 11 is 0. The molecule has 1 heterocycles. The fraction of sp³-hybridized carbons (Fsp3) is 0.462. The molecule has 20 heavy (non-hydrogen) atoms. The van der Waals surface area contributed by atoms with E-state index in [1.54, 1.807) is 12.1 Å². The number of rotatable bonds is 5. The van der Waals surface area contributed by atoms with Gasteiger partial charge in [0.2, 0.25) is 0 Å². The van der Waals surface area contributed by atoms with Gasteiger partial charge in [0, 0.05) is 18.2 Å². The van der Waals surface area contributed by atoms with Crippen LogP contribution in [0.4, 0.5) is 11.7 Å². The van der Waals surface area contributed by atoms with Crippen LogP contribution in [-0.2, 0) is 0 Å². The molecule has 0 spiro atoms. The topological polar surface area (TPSA) is 84.4 Å². The number of fused-ring (bicyclic) bond motifs is 1. The van der Waals surface area contributed by atoms with Crippen LogP contribution < -0.4 is 5.32 Å². The summed E-state index contributed by atoms with van der Waals surface area (Å²) < 4.78 is 5.49. The van der Waals surface area contributed by atoms with Gasteiger partial charge >= 0.3 is 0 Å². The second kappa shape index (κ2) is 5.09. The lowest BCUT2D eigenvalue weighted by molar-refractivity contribution is -0.383. The molecule has 0 aliphatic heterocycles. The van der Waals surface area contributed by atoms with E-state index >= 15 is 0 Å². The van der Waals surface area contributed by atoms with E-state index < -0.39 is 4.92 Å². The molecular weight excluding hydrogens is 260 g/mol. The predicted molar refractivity (Wildman–Crippen MR) is 76.9 cm³/mol. The molecule has 0 fully saturated rings. The van der Waals surface area contributed by atoms with E-state index in [9.17, 15) is 10.1 Å². The summed E-state index contributed by atoms with van der Waals surface area (Å²) in [4.78, 5) is 16.7. The fourth-order valence-corrected chi connectivity index (χ4v) is 1.61. The fourth-order valence-electron chi connectivity index (χ4n) is 1.61. The highest BCUT2D eigenvalue weighted by Gasteiger charge is 2.22. The van der Waals surface area contributed by atoms with Crippen molar-refractivity contribution in [3.8, 4) is 0 Å². The van der Waals surface area contributed by atoms with Crippen molar-refractivity contribution in [2.24, 2.45) is 0 Å². The minimum atomic E-state index is -0.460. The van der Waals surface area contributed by atoms with Gasteiger partial charge in [-0.1, -0.05) is 6.07 Å². The third kappa shape index (κ3) is 2.72. The SMILES string of the molecule is CN(C)C(C)(C)CNc1nc2c([N+](=O)[O-])cccc2o1. The molecule has 2 rings (SSSR count). The minimum absolute atomic E-state index is 0.0498. The second-order valence-electron chi connectivity index (χ2n) is 5.46. The van der Waals surface area contributed by atoms with Crippen molar-refractivity contribution >= 4 is 22.8 Å². The number of nitrogens with one attached hydrogen (secondary N) is 1. The lowest BCUT2D eigenvalue weighted by atomic mass is 10.1. The molecule has 7 nitrogen and oxygen atoms in total. The minimum Gasteiger partial charge on any atom is -0.423 e. The molecule has 0 aliphatic rings. The van der Waals surface area contributed by atoms with E-state index in [1.165, 1.54) is 6.07 Å². The van der Waals surface area contributed by atoms with E-state index in [1.807, 2.05) is 14.1 Å². The van der Waals surface area contributed by atoms with Gasteiger partial charge in [-0.05, 0) is 34.0 Å². The lowest BCUT2D eigenvalue weighted by Crippen LogP contribution is -2.44. The Hall–Kier alpha value is -2.15. The van der Waals surface area contributed by atoms with Crippen LogP contribution in [0.5, 0.6) is 0 Å². The van der Waals surface area contributed by atoms with E-state index in [4.69, 9.17) is 4.42 Å². The molecular formula is C13H18N4O3. The van der Waals surface area contributed by atoms with Gasteiger partial charge in [0.25, 0.3) is 11.7 Å². The third-order valence-electron chi connectivity index (χ3n) is 3.48. The monoisotopic (exact) mass is 278 g/mol. The molecule has 0 amide bonds. The Bertz CT molecular complexity index is 634. The Morgan fingerprint density at radius 3 is 2.75 bits per heavy atom. The molecule has 108 valence electrons. The van der Waals surface area contributed by atoms with Crippen molar-refractivity contribution < 1.29 is 9.34 Å². The summed E-state index contributed by atoms with van der Waals surface area (Å²) in [5.41, 5.74) is 0.533. The number of oxazole rings is 1. The first kappa shape index (κ1) is 14.3. The molecule has 0 radical (unpaired) electrons. The quantitative estimate of drug-likeness (QED) is 0.668. The Kier molecular flexibility index (Phi) is 3.63. The van der Waals surface area contributed by atoms with Crippen molar-refractivity contribution in [3.05, 3.63) is 28.3 Å². The number of nitro benzene ring substituents is 1. The molecule has 0 atom stereocenters. The number of likely N-dealkylation sites (N-methyl/N-ethyl adjacent to an activating group) is 1. The maximum Gasteiger partial charge on any atom is 0.298 e. The first-order valence-corrected chi connectivity index (χ1v) is 6.26. The van der Waals surface area contributed by atoms with Gasteiger partial charge in [0.1, 0.15) is 0 Å². The molecule has 0 bridgehead atoms. The van der Waals surface area contributed by atoms with Gasteiger partial charge in [-0.2, -0.15) is 4.98 Å². The molecule has 1 aromatic carbocycles. The largest absolute Gasteiger partial charge is 0.423 e. The van der Waals surface area contributed by atoms with Crippen LogP contribution in [0.3, 0.4) is 0 Å². The number of nitro groups is 1. The summed E-state index contributed by atoms with van der Waals surface area (Å²) in [7, 11) is 3.97. The number of non-ortho nitro benzene ring substituents is 1. The van der Waals surface area contributed by atoms with Gasteiger partial charge in [-0.25, -0.2) is 0 Å². The van der Waals surface area contributed by atoms with Gasteiger partial charge in [-0.3, -0.25) is 10.1 Å². The highest BCUT2D eigenvalue weighted by Crippen LogP contribution is 2.27. The van der Waals surface area contributed by atoms with Gasteiger partial charge < -0.3 is 14.6 Å². The number of hydrogen-bond acceptors (Lipinski definition) is 6. The maximum absolute atomic E-state index is 10.9. The Morgan fingerprint density at radius 1 is 1.45 bits per heavy atom. The van der Waals surface area contributed by atoms with Crippen LogP contribution in [-0.4, -0.2) is 41.0 Å². The van der Waals surface area contributed by atoms with E-state index in [-0.39, 0.29) is 16.7 Å². The molecule has 1 N–H and O–H groups in total. The highest BCUT2D eigenvalue weighted by atomic mass is 16.6. The number of hydrogen-bond donors (Lipinski definition) is 1. The smallest absolute Gasteiger partial charge is 0.298 e. The molecule has 0 saturated carbocycles. The van der Waals surface area contributed by atoms with Crippen LogP contribution in [0, 0.1) is 10.1 Å². The van der Waals surface area contributed by atoms with E-state index in [0.717, 1.165) is 0 Å². The molecule has 2 aromatic rings. The molecule has 7 heteroatoms. The Morgan fingerprint density at radius 2 is 2.15 bits per heavy atom. The Labute approximate surface area is 116 Å². The average molecular weight is 278 g/mol. The summed E-state index contributed by atoms with van der Waals surface area (Å²) in [6.45, 7) is 4.76. The van der Waals surface area contributed by atoms with Crippen LogP contribution in [0.25, 0.3) is 11.1 Å².